The molecule has 4 rings (SSSR count). The summed E-state index contributed by atoms with van der Waals surface area (Å²) >= 11 is 0. The van der Waals surface area contributed by atoms with E-state index in [4.69, 9.17) is 4.42 Å². The first kappa shape index (κ1) is 10.5. The molecule has 0 fully saturated rings. The van der Waals surface area contributed by atoms with Crippen molar-refractivity contribution < 1.29 is 4.42 Å². The Morgan fingerprint density at radius 3 is 2.68 bits per heavy atom. The number of aromatic nitrogens is 2. The largest absolute Gasteiger partial charge is 0.436 e. The van der Waals surface area contributed by atoms with Gasteiger partial charge in [0.25, 0.3) is 0 Å². The summed E-state index contributed by atoms with van der Waals surface area (Å²) in [6.45, 7) is 0. The van der Waals surface area contributed by atoms with E-state index in [1.54, 1.807) is 12.4 Å². The van der Waals surface area contributed by atoms with Gasteiger partial charge in [0.1, 0.15) is 0 Å². The third kappa shape index (κ3) is 1.66. The molecule has 3 aromatic rings. The van der Waals surface area contributed by atoms with Crippen LogP contribution in [0.3, 0.4) is 0 Å². The van der Waals surface area contributed by atoms with Gasteiger partial charge in [0, 0.05) is 23.5 Å². The number of oxazole rings is 1. The second-order valence-corrected chi connectivity index (χ2v) is 4.69. The Labute approximate surface area is 111 Å². The number of fused-ring (bicyclic) bond motifs is 3. The molecule has 0 saturated carbocycles. The highest BCUT2D eigenvalue weighted by molar-refractivity contribution is 5.69. The summed E-state index contributed by atoms with van der Waals surface area (Å²) in [6, 6.07) is 12.2. The van der Waals surface area contributed by atoms with Gasteiger partial charge in [-0.2, -0.15) is 0 Å². The molecule has 0 atom stereocenters. The van der Waals surface area contributed by atoms with Crippen LogP contribution in [0.5, 0.6) is 0 Å². The SMILES string of the molecule is c1ccc2c(c1)CCc1nc(-c3ccncc3)oc1-2. The molecule has 0 bridgehead atoms. The Morgan fingerprint density at radius 2 is 1.79 bits per heavy atom. The molecule has 92 valence electrons. The van der Waals surface area contributed by atoms with Gasteiger partial charge in [0.2, 0.25) is 5.89 Å². The minimum absolute atomic E-state index is 0.684. The molecular weight excluding hydrogens is 236 g/mol. The summed E-state index contributed by atoms with van der Waals surface area (Å²) in [5.41, 5.74) is 4.55. The molecule has 3 nitrogen and oxygen atoms in total. The van der Waals surface area contributed by atoms with Gasteiger partial charge < -0.3 is 4.42 Å². The molecule has 0 radical (unpaired) electrons. The van der Waals surface area contributed by atoms with E-state index in [0.717, 1.165) is 29.9 Å². The number of benzene rings is 1. The van der Waals surface area contributed by atoms with E-state index < -0.39 is 0 Å². The van der Waals surface area contributed by atoms with Crippen LogP contribution in [0.2, 0.25) is 0 Å². The fourth-order valence-electron chi connectivity index (χ4n) is 2.56. The van der Waals surface area contributed by atoms with Crippen LogP contribution in [0.25, 0.3) is 22.8 Å². The summed E-state index contributed by atoms with van der Waals surface area (Å²) in [5, 5.41) is 0. The zero-order valence-electron chi connectivity index (χ0n) is 10.3. The predicted molar refractivity (Wildman–Crippen MR) is 72.6 cm³/mol. The van der Waals surface area contributed by atoms with Gasteiger partial charge in [-0.3, -0.25) is 4.98 Å². The van der Waals surface area contributed by atoms with Crippen LogP contribution in [0.15, 0.2) is 53.2 Å². The van der Waals surface area contributed by atoms with Gasteiger partial charge in [0.05, 0.1) is 5.69 Å². The van der Waals surface area contributed by atoms with Crippen molar-refractivity contribution in [3.05, 3.63) is 60.0 Å². The van der Waals surface area contributed by atoms with Crippen LogP contribution in [-0.4, -0.2) is 9.97 Å². The number of hydrogen-bond donors (Lipinski definition) is 0. The minimum atomic E-state index is 0.684. The highest BCUT2D eigenvalue weighted by Crippen LogP contribution is 2.36. The third-order valence-electron chi connectivity index (χ3n) is 3.52. The number of aryl methyl sites for hydroxylation is 2. The second kappa shape index (κ2) is 4.05. The second-order valence-electron chi connectivity index (χ2n) is 4.69. The first-order chi connectivity index (χ1) is 9.42. The molecule has 2 aromatic heterocycles. The summed E-state index contributed by atoms with van der Waals surface area (Å²) in [5.74, 6) is 1.61. The molecule has 0 aliphatic heterocycles. The van der Waals surface area contributed by atoms with Crippen molar-refractivity contribution in [1.82, 2.24) is 9.97 Å². The van der Waals surface area contributed by atoms with Gasteiger partial charge in [-0.15, -0.1) is 0 Å². The molecule has 19 heavy (non-hydrogen) atoms. The first-order valence-electron chi connectivity index (χ1n) is 6.40. The molecule has 0 amide bonds. The molecule has 0 saturated heterocycles. The maximum absolute atomic E-state index is 5.98. The van der Waals surface area contributed by atoms with Crippen LogP contribution in [0.1, 0.15) is 11.3 Å². The minimum Gasteiger partial charge on any atom is -0.436 e. The highest BCUT2D eigenvalue weighted by Gasteiger charge is 2.22. The van der Waals surface area contributed by atoms with Crippen LogP contribution < -0.4 is 0 Å². The van der Waals surface area contributed by atoms with Crippen LogP contribution >= 0.6 is 0 Å². The molecule has 3 heteroatoms. The number of pyridine rings is 1. The van der Waals surface area contributed by atoms with Crippen molar-refractivity contribution in [2.45, 2.75) is 12.8 Å². The lowest BCUT2D eigenvalue weighted by Crippen LogP contribution is -2.02. The maximum Gasteiger partial charge on any atom is 0.227 e. The van der Waals surface area contributed by atoms with Crippen molar-refractivity contribution in [2.75, 3.05) is 0 Å². The molecule has 0 N–H and O–H groups in total. The summed E-state index contributed by atoms with van der Waals surface area (Å²) in [7, 11) is 0. The lowest BCUT2D eigenvalue weighted by Gasteiger charge is -2.12. The van der Waals surface area contributed by atoms with Crippen molar-refractivity contribution in [1.29, 1.82) is 0 Å². The number of nitrogens with zero attached hydrogens (tertiary/aromatic N) is 2. The van der Waals surface area contributed by atoms with Crippen molar-refractivity contribution in [3.63, 3.8) is 0 Å². The van der Waals surface area contributed by atoms with E-state index >= 15 is 0 Å². The number of rotatable bonds is 1. The zero-order chi connectivity index (χ0) is 12.7. The van der Waals surface area contributed by atoms with Gasteiger partial charge in [-0.1, -0.05) is 24.3 Å². The predicted octanol–water partition coefficient (Wildman–Crippen LogP) is 3.50. The lowest BCUT2D eigenvalue weighted by molar-refractivity contribution is 0.584. The van der Waals surface area contributed by atoms with Crippen LogP contribution in [0.4, 0.5) is 0 Å². The van der Waals surface area contributed by atoms with Crippen molar-refractivity contribution in [3.8, 4) is 22.8 Å². The Balaban J connectivity index is 1.88. The lowest BCUT2D eigenvalue weighted by atomic mass is 9.93. The highest BCUT2D eigenvalue weighted by atomic mass is 16.4. The molecule has 2 heterocycles. The van der Waals surface area contributed by atoms with Gasteiger partial charge in [-0.25, -0.2) is 4.98 Å². The molecule has 1 aliphatic carbocycles. The average Bonchev–Trinajstić information content (AvgIpc) is 2.93. The fraction of sp³-hybridized carbons (Fsp3) is 0.125. The van der Waals surface area contributed by atoms with Crippen LogP contribution in [-0.2, 0) is 12.8 Å². The standard InChI is InChI=1S/C16H12N2O/c1-2-4-13-11(3-1)5-6-14-15(13)19-16(18-14)12-7-9-17-10-8-12/h1-4,7-10H,5-6H2. The Bertz CT molecular complexity index is 732. The Morgan fingerprint density at radius 1 is 0.947 bits per heavy atom. The summed E-state index contributed by atoms with van der Waals surface area (Å²) < 4.78 is 5.98. The Kier molecular flexibility index (Phi) is 2.24. The smallest absolute Gasteiger partial charge is 0.227 e. The van der Waals surface area contributed by atoms with E-state index in [-0.39, 0.29) is 0 Å². The topological polar surface area (TPSA) is 38.9 Å². The van der Waals surface area contributed by atoms with Gasteiger partial charge in [-0.05, 0) is 30.5 Å². The first-order valence-corrected chi connectivity index (χ1v) is 6.40. The van der Waals surface area contributed by atoms with Crippen LogP contribution in [0, 0.1) is 0 Å². The average molecular weight is 248 g/mol. The normalized spacial score (nSPS) is 12.8. The zero-order valence-corrected chi connectivity index (χ0v) is 10.3. The van der Waals surface area contributed by atoms with Gasteiger partial charge in [0.15, 0.2) is 5.76 Å². The van der Waals surface area contributed by atoms with E-state index in [1.807, 2.05) is 18.2 Å². The number of hydrogen-bond acceptors (Lipinski definition) is 3. The maximum atomic E-state index is 5.98. The summed E-state index contributed by atoms with van der Waals surface area (Å²) in [4.78, 5) is 8.64. The molecule has 1 aliphatic rings. The fourth-order valence-corrected chi connectivity index (χ4v) is 2.56. The van der Waals surface area contributed by atoms with Crippen molar-refractivity contribution in [2.24, 2.45) is 0 Å². The molecule has 1 aromatic carbocycles. The van der Waals surface area contributed by atoms with Gasteiger partial charge >= 0.3 is 0 Å². The molecule has 0 unspecified atom stereocenters. The summed E-state index contributed by atoms with van der Waals surface area (Å²) in [6.07, 6.45) is 5.49. The van der Waals surface area contributed by atoms with E-state index in [9.17, 15) is 0 Å². The van der Waals surface area contributed by atoms with E-state index in [2.05, 4.69) is 28.2 Å². The van der Waals surface area contributed by atoms with E-state index in [1.165, 1.54) is 11.1 Å². The third-order valence-corrected chi connectivity index (χ3v) is 3.52. The quantitative estimate of drug-likeness (QED) is 0.661. The monoisotopic (exact) mass is 248 g/mol. The molecular formula is C16H12N2O. The Hall–Kier alpha value is -2.42. The van der Waals surface area contributed by atoms with Crippen molar-refractivity contribution >= 4 is 0 Å². The van der Waals surface area contributed by atoms with E-state index in [0.29, 0.717) is 5.89 Å². The molecule has 0 spiro atoms.